The third kappa shape index (κ3) is 4.65. The van der Waals surface area contributed by atoms with Crippen LogP contribution < -0.4 is 15.0 Å². The zero-order chi connectivity index (χ0) is 26.4. The van der Waals surface area contributed by atoms with Crippen molar-refractivity contribution < 1.29 is 9.47 Å². The smallest absolute Gasteiger partial charge is 0.253 e. The van der Waals surface area contributed by atoms with Crippen LogP contribution in [0.15, 0.2) is 47.3 Å². The summed E-state index contributed by atoms with van der Waals surface area (Å²) >= 11 is 0. The number of rotatable bonds is 5. The highest BCUT2D eigenvalue weighted by molar-refractivity contribution is 5.79. The molecule has 0 aliphatic carbocycles. The first-order valence-electron chi connectivity index (χ1n) is 13.0. The lowest BCUT2D eigenvalue weighted by Crippen LogP contribution is -2.49. The molecule has 1 N–H and O–H groups in total. The van der Waals surface area contributed by atoms with Crippen molar-refractivity contribution in [2.45, 2.75) is 45.8 Å². The molecule has 4 aromatic rings. The Morgan fingerprint density at radius 3 is 2.58 bits per heavy atom. The summed E-state index contributed by atoms with van der Waals surface area (Å²) in [4.78, 5) is 21.3. The second-order valence-corrected chi connectivity index (χ2v) is 11.2. The van der Waals surface area contributed by atoms with E-state index in [1.807, 2.05) is 29.8 Å². The molecule has 2 aromatic heterocycles. The second-order valence-electron chi connectivity index (χ2n) is 11.2. The molecule has 38 heavy (non-hydrogen) atoms. The van der Waals surface area contributed by atoms with Gasteiger partial charge in [0.05, 0.1) is 5.54 Å². The van der Waals surface area contributed by atoms with Gasteiger partial charge < -0.3 is 14.5 Å². The number of nitrogens with one attached hydrogen (secondary N) is 1. The highest BCUT2D eigenvalue weighted by atomic mass is 16.7. The van der Waals surface area contributed by atoms with Gasteiger partial charge in [-0.15, -0.1) is 5.10 Å². The van der Waals surface area contributed by atoms with Gasteiger partial charge in [-0.05, 0) is 78.9 Å². The maximum absolute atomic E-state index is 13.5. The zero-order valence-corrected chi connectivity index (χ0v) is 22.3. The number of aryl methyl sites for hydroxylation is 1. The Morgan fingerprint density at radius 2 is 1.79 bits per heavy atom. The number of hydrogen-bond acceptors (Lipinski definition) is 8. The van der Waals surface area contributed by atoms with Gasteiger partial charge in [-0.3, -0.25) is 14.6 Å². The van der Waals surface area contributed by atoms with Crippen molar-refractivity contribution in [2.24, 2.45) is 0 Å². The van der Waals surface area contributed by atoms with Gasteiger partial charge in [0.2, 0.25) is 6.79 Å². The second kappa shape index (κ2) is 9.52. The first-order valence-corrected chi connectivity index (χ1v) is 13.0. The lowest BCUT2D eigenvalue weighted by Gasteiger charge is -2.39. The van der Waals surface area contributed by atoms with E-state index in [0.29, 0.717) is 11.4 Å². The number of piperazine rings is 1. The quantitative estimate of drug-likeness (QED) is 0.432. The Labute approximate surface area is 221 Å². The van der Waals surface area contributed by atoms with Gasteiger partial charge in [-0.25, -0.2) is 4.68 Å². The van der Waals surface area contributed by atoms with E-state index >= 15 is 0 Å². The summed E-state index contributed by atoms with van der Waals surface area (Å²) in [5.41, 5.74) is 3.34. The van der Waals surface area contributed by atoms with E-state index in [2.05, 4.69) is 75.3 Å². The number of aromatic nitrogens is 5. The Balaban J connectivity index is 1.30. The minimum atomic E-state index is -0.369. The molecule has 0 spiro atoms. The lowest BCUT2D eigenvalue weighted by atomic mass is 10.0. The van der Waals surface area contributed by atoms with Gasteiger partial charge in [0, 0.05) is 43.8 Å². The lowest BCUT2D eigenvalue weighted by molar-refractivity contribution is 0.0975. The van der Waals surface area contributed by atoms with Crippen LogP contribution >= 0.6 is 0 Å². The van der Waals surface area contributed by atoms with Gasteiger partial charge in [0.25, 0.3) is 5.56 Å². The predicted octanol–water partition coefficient (Wildman–Crippen LogP) is 3.21. The first kappa shape index (κ1) is 24.6. The number of hydrogen-bond donors (Lipinski definition) is 1. The molecule has 2 aliphatic heterocycles. The largest absolute Gasteiger partial charge is 0.454 e. The van der Waals surface area contributed by atoms with E-state index in [0.717, 1.165) is 60.7 Å². The molecular formula is C28H33N7O3. The predicted molar refractivity (Wildman–Crippen MR) is 143 cm³/mol. The average molecular weight is 516 g/mol. The van der Waals surface area contributed by atoms with Crippen LogP contribution in [-0.4, -0.2) is 68.0 Å². The average Bonchev–Trinajstić information content (AvgIpc) is 3.55. The summed E-state index contributed by atoms with van der Waals surface area (Å²) < 4.78 is 12.8. The van der Waals surface area contributed by atoms with Gasteiger partial charge in [-0.2, -0.15) is 0 Å². The summed E-state index contributed by atoms with van der Waals surface area (Å²) in [6, 6.07) is 13.9. The maximum Gasteiger partial charge on any atom is 0.253 e. The van der Waals surface area contributed by atoms with Gasteiger partial charge in [0.15, 0.2) is 17.3 Å². The van der Waals surface area contributed by atoms with Crippen LogP contribution in [0.5, 0.6) is 11.5 Å². The maximum atomic E-state index is 13.5. The Morgan fingerprint density at radius 1 is 1.00 bits per heavy atom. The highest BCUT2D eigenvalue weighted by Crippen LogP contribution is 2.34. The van der Waals surface area contributed by atoms with E-state index in [1.165, 1.54) is 5.56 Å². The molecule has 1 atom stereocenters. The fraction of sp³-hybridized carbons (Fsp3) is 0.429. The summed E-state index contributed by atoms with van der Waals surface area (Å²) in [6.07, 6.45) is 0. The number of fused-ring (bicyclic) bond motifs is 2. The number of ether oxygens (including phenoxy) is 2. The highest BCUT2D eigenvalue weighted by Gasteiger charge is 2.35. The van der Waals surface area contributed by atoms with Crippen molar-refractivity contribution >= 4 is 10.9 Å². The van der Waals surface area contributed by atoms with Crippen molar-refractivity contribution in [1.82, 2.24) is 35.0 Å². The zero-order valence-electron chi connectivity index (χ0n) is 22.3. The Hall–Kier alpha value is -3.76. The first-order chi connectivity index (χ1) is 18.3. The normalized spacial score (nSPS) is 17.3. The van der Waals surface area contributed by atoms with Crippen molar-refractivity contribution in [3.8, 4) is 11.5 Å². The Kier molecular flexibility index (Phi) is 6.16. The van der Waals surface area contributed by atoms with Crippen molar-refractivity contribution in [2.75, 3.05) is 33.0 Å². The van der Waals surface area contributed by atoms with Crippen LogP contribution in [0.3, 0.4) is 0 Å². The van der Waals surface area contributed by atoms with Crippen LogP contribution in [-0.2, 0) is 12.1 Å². The third-order valence-electron chi connectivity index (χ3n) is 7.31. The molecule has 2 aliphatic rings. The van der Waals surface area contributed by atoms with Crippen LogP contribution in [0.4, 0.5) is 0 Å². The molecule has 0 radical (unpaired) electrons. The molecule has 10 heteroatoms. The fourth-order valence-corrected chi connectivity index (χ4v) is 5.35. The van der Waals surface area contributed by atoms with Crippen LogP contribution in [0.25, 0.3) is 10.9 Å². The summed E-state index contributed by atoms with van der Waals surface area (Å²) in [5, 5.41) is 13.8. The van der Waals surface area contributed by atoms with Crippen molar-refractivity contribution in [3.63, 3.8) is 0 Å². The minimum absolute atomic E-state index is 0.112. The van der Waals surface area contributed by atoms with E-state index in [9.17, 15) is 4.79 Å². The summed E-state index contributed by atoms with van der Waals surface area (Å²) in [7, 11) is 0. The SMILES string of the molecule is Cc1ccc2cc([C@H](c3nnnn3C(C)(C)C)N3CCN(Cc4ccc5c(c4)OCO5)CC3)c(=O)[nH]c2c1. The van der Waals surface area contributed by atoms with Crippen molar-refractivity contribution in [1.29, 1.82) is 0 Å². The minimum Gasteiger partial charge on any atom is -0.454 e. The van der Waals surface area contributed by atoms with E-state index < -0.39 is 0 Å². The number of tetrazole rings is 1. The van der Waals surface area contributed by atoms with E-state index in [-0.39, 0.29) is 23.9 Å². The molecule has 4 heterocycles. The van der Waals surface area contributed by atoms with Crippen LogP contribution in [0.2, 0.25) is 0 Å². The number of H-pyrrole nitrogens is 1. The molecule has 1 fully saturated rings. The summed E-state index contributed by atoms with van der Waals surface area (Å²) in [5.74, 6) is 2.29. The van der Waals surface area contributed by atoms with Gasteiger partial charge in [-0.1, -0.05) is 18.2 Å². The van der Waals surface area contributed by atoms with Gasteiger partial charge in [0.1, 0.15) is 6.04 Å². The number of aromatic amines is 1. The van der Waals surface area contributed by atoms with E-state index in [4.69, 9.17) is 9.47 Å². The van der Waals surface area contributed by atoms with E-state index in [1.54, 1.807) is 0 Å². The molecule has 0 unspecified atom stereocenters. The van der Waals surface area contributed by atoms with Crippen molar-refractivity contribution in [3.05, 3.63) is 75.3 Å². The number of benzene rings is 2. The molecule has 0 amide bonds. The molecule has 198 valence electrons. The molecular weight excluding hydrogens is 482 g/mol. The van der Waals surface area contributed by atoms with Gasteiger partial charge >= 0.3 is 0 Å². The molecule has 0 saturated carbocycles. The number of pyridine rings is 1. The monoisotopic (exact) mass is 515 g/mol. The molecule has 1 saturated heterocycles. The fourth-order valence-electron chi connectivity index (χ4n) is 5.35. The molecule has 2 aromatic carbocycles. The van der Waals surface area contributed by atoms with Crippen LogP contribution in [0, 0.1) is 6.92 Å². The third-order valence-corrected chi connectivity index (χ3v) is 7.31. The molecule has 10 nitrogen and oxygen atoms in total. The Bertz CT molecular complexity index is 1530. The standard InChI is InChI=1S/C28H33N7O3/c1-18-5-7-20-15-21(27(36)29-22(20)13-18)25(26-30-31-32-35(26)28(2,3)4)34-11-9-33(10-12-34)16-19-6-8-23-24(14-19)38-17-37-23/h5-8,13-15,25H,9-12,16-17H2,1-4H3,(H,29,36)/t25-/m1/s1. The van der Waals surface area contributed by atoms with Crippen LogP contribution in [0.1, 0.15) is 49.3 Å². The molecule has 6 rings (SSSR count). The molecule has 0 bridgehead atoms. The summed E-state index contributed by atoms with van der Waals surface area (Å²) in [6.45, 7) is 12.6. The number of nitrogens with zero attached hydrogens (tertiary/aromatic N) is 6. The topological polar surface area (TPSA) is 101 Å².